The second-order valence-electron chi connectivity index (χ2n) is 2.49. The van der Waals surface area contributed by atoms with Crippen molar-refractivity contribution in [2.45, 2.75) is 13.3 Å². The van der Waals surface area contributed by atoms with Crippen LogP contribution in [0.5, 0.6) is 0 Å². The lowest BCUT2D eigenvalue weighted by Crippen LogP contribution is -1.78. The summed E-state index contributed by atoms with van der Waals surface area (Å²) in [6.07, 6.45) is 5.73. The molecule has 62 valence electrons. The van der Waals surface area contributed by atoms with Gasteiger partial charge in [0.1, 0.15) is 12.0 Å². The number of hydrogen-bond acceptors (Lipinski definition) is 3. The maximum atomic E-state index is 5.18. The molecule has 0 amide bonds. The predicted octanol–water partition coefficient (Wildman–Crippen LogP) is 2.50. The lowest BCUT2D eigenvalue weighted by Gasteiger charge is -1.83. The van der Waals surface area contributed by atoms with Crippen LogP contribution in [0.1, 0.15) is 12.8 Å². The Morgan fingerprint density at radius 2 is 2.33 bits per heavy atom. The van der Waals surface area contributed by atoms with Crippen molar-refractivity contribution < 1.29 is 8.83 Å². The molecule has 0 bridgehead atoms. The molecule has 0 unspecified atom stereocenters. The van der Waals surface area contributed by atoms with Crippen molar-refractivity contribution in [3.8, 4) is 11.3 Å². The zero-order valence-corrected chi connectivity index (χ0v) is 6.78. The summed E-state index contributed by atoms with van der Waals surface area (Å²) >= 11 is 0. The summed E-state index contributed by atoms with van der Waals surface area (Å²) in [5, 5.41) is 0. The second-order valence-corrected chi connectivity index (χ2v) is 2.49. The van der Waals surface area contributed by atoms with Crippen LogP contribution in [0.3, 0.4) is 0 Å². The largest absolute Gasteiger partial charge is 0.472 e. The molecule has 0 aliphatic rings. The van der Waals surface area contributed by atoms with Crippen LogP contribution in [0.4, 0.5) is 0 Å². The van der Waals surface area contributed by atoms with E-state index < -0.39 is 0 Å². The second kappa shape index (κ2) is 2.85. The average Bonchev–Trinajstić information content (AvgIpc) is 2.75. The van der Waals surface area contributed by atoms with E-state index in [0.717, 1.165) is 23.6 Å². The van der Waals surface area contributed by atoms with Gasteiger partial charge in [0.15, 0.2) is 5.89 Å². The van der Waals surface area contributed by atoms with Gasteiger partial charge in [-0.1, -0.05) is 6.92 Å². The Morgan fingerprint density at radius 1 is 1.42 bits per heavy atom. The lowest BCUT2D eigenvalue weighted by molar-refractivity contribution is 0.502. The Balaban J connectivity index is 2.35. The monoisotopic (exact) mass is 163 g/mol. The van der Waals surface area contributed by atoms with Crippen LogP contribution in [0.25, 0.3) is 11.3 Å². The van der Waals surface area contributed by atoms with Gasteiger partial charge in [-0.05, 0) is 6.07 Å². The molecule has 0 N–H and O–H groups in total. The van der Waals surface area contributed by atoms with Gasteiger partial charge in [0.05, 0.1) is 12.5 Å². The highest BCUT2D eigenvalue weighted by Crippen LogP contribution is 2.18. The first-order valence-electron chi connectivity index (χ1n) is 3.87. The molecule has 12 heavy (non-hydrogen) atoms. The van der Waals surface area contributed by atoms with Gasteiger partial charge in [-0.2, -0.15) is 0 Å². The SMILES string of the molecule is CCc1nc(-c2ccoc2)co1. The molecule has 3 nitrogen and oxygen atoms in total. The Morgan fingerprint density at radius 3 is 2.92 bits per heavy atom. The normalized spacial score (nSPS) is 10.4. The summed E-state index contributed by atoms with van der Waals surface area (Å²) in [5.41, 5.74) is 1.79. The number of rotatable bonds is 2. The van der Waals surface area contributed by atoms with Crippen LogP contribution in [0.2, 0.25) is 0 Å². The number of furan rings is 1. The summed E-state index contributed by atoms with van der Waals surface area (Å²) in [6, 6.07) is 1.86. The van der Waals surface area contributed by atoms with Gasteiger partial charge in [-0.25, -0.2) is 4.98 Å². The summed E-state index contributed by atoms with van der Waals surface area (Å²) in [5.74, 6) is 0.756. The van der Waals surface area contributed by atoms with Crippen molar-refractivity contribution in [2.75, 3.05) is 0 Å². The standard InChI is InChI=1S/C9H9NO2/c1-2-9-10-8(6-12-9)7-3-4-11-5-7/h3-6H,2H2,1H3. The van der Waals surface area contributed by atoms with Crippen LogP contribution in [-0.2, 0) is 6.42 Å². The van der Waals surface area contributed by atoms with Crippen molar-refractivity contribution in [3.05, 3.63) is 30.7 Å². The summed E-state index contributed by atoms with van der Waals surface area (Å²) in [4.78, 5) is 4.24. The predicted molar refractivity (Wildman–Crippen MR) is 43.6 cm³/mol. The number of nitrogens with zero attached hydrogens (tertiary/aromatic N) is 1. The van der Waals surface area contributed by atoms with Gasteiger partial charge in [0.2, 0.25) is 0 Å². The molecule has 0 saturated heterocycles. The molecule has 2 aromatic rings. The first kappa shape index (κ1) is 7.16. The zero-order valence-electron chi connectivity index (χ0n) is 6.78. The van der Waals surface area contributed by atoms with E-state index in [1.54, 1.807) is 18.8 Å². The van der Waals surface area contributed by atoms with E-state index in [0.29, 0.717) is 0 Å². The summed E-state index contributed by atoms with van der Waals surface area (Å²) in [6.45, 7) is 2.00. The van der Waals surface area contributed by atoms with Crippen LogP contribution < -0.4 is 0 Å². The molecule has 0 atom stereocenters. The Hall–Kier alpha value is -1.51. The molecular weight excluding hydrogens is 154 g/mol. The number of oxazole rings is 1. The third-order valence-electron chi connectivity index (χ3n) is 1.67. The van der Waals surface area contributed by atoms with Gasteiger partial charge >= 0.3 is 0 Å². The van der Waals surface area contributed by atoms with E-state index in [2.05, 4.69) is 4.98 Å². The van der Waals surface area contributed by atoms with E-state index in [-0.39, 0.29) is 0 Å². The van der Waals surface area contributed by atoms with Crippen molar-refractivity contribution >= 4 is 0 Å². The van der Waals surface area contributed by atoms with Crippen LogP contribution in [-0.4, -0.2) is 4.98 Å². The molecule has 0 fully saturated rings. The molecule has 0 spiro atoms. The first-order valence-corrected chi connectivity index (χ1v) is 3.87. The molecular formula is C9H9NO2. The highest BCUT2D eigenvalue weighted by atomic mass is 16.3. The fraction of sp³-hybridized carbons (Fsp3) is 0.222. The quantitative estimate of drug-likeness (QED) is 0.682. The van der Waals surface area contributed by atoms with E-state index in [9.17, 15) is 0 Å². The summed E-state index contributed by atoms with van der Waals surface area (Å²) in [7, 11) is 0. The highest BCUT2D eigenvalue weighted by Gasteiger charge is 2.04. The minimum Gasteiger partial charge on any atom is -0.472 e. The average molecular weight is 163 g/mol. The van der Waals surface area contributed by atoms with Gasteiger partial charge in [-0.3, -0.25) is 0 Å². The fourth-order valence-electron chi connectivity index (χ4n) is 1.02. The molecule has 0 aromatic carbocycles. The Labute approximate surface area is 70.0 Å². The van der Waals surface area contributed by atoms with Crippen LogP contribution >= 0.6 is 0 Å². The molecule has 2 rings (SSSR count). The molecule has 2 aromatic heterocycles. The topological polar surface area (TPSA) is 39.2 Å². The van der Waals surface area contributed by atoms with Gasteiger partial charge < -0.3 is 8.83 Å². The van der Waals surface area contributed by atoms with Crippen LogP contribution in [0.15, 0.2) is 33.7 Å². The number of hydrogen-bond donors (Lipinski definition) is 0. The minimum atomic E-state index is 0.756. The van der Waals surface area contributed by atoms with E-state index in [1.165, 1.54) is 0 Å². The molecule has 0 aliphatic heterocycles. The Kier molecular flexibility index (Phi) is 1.70. The van der Waals surface area contributed by atoms with Gasteiger partial charge in [-0.15, -0.1) is 0 Å². The molecule has 3 heteroatoms. The molecule has 0 saturated carbocycles. The maximum absolute atomic E-state index is 5.18. The van der Waals surface area contributed by atoms with E-state index in [1.807, 2.05) is 13.0 Å². The van der Waals surface area contributed by atoms with Crippen molar-refractivity contribution in [2.24, 2.45) is 0 Å². The molecule has 2 heterocycles. The maximum Gasteiger partial charge on any atom is 0.194 e. The third-order valence-corrected chi connectivity index (χ3v) is 1.67. The smallest absolute Gasteiger partial charge is 0.194 e. The molecule has 0 radical (unpaired) electrons. The number of aromatic nitrogens is 1. The molecule has 0 aliphatic carbocycles. The number of aryl methyl sites for hydroxylation is 1. The summed E-state index contributed by atoms with van der Waals surface area (Å²) < 4.78 is 10.1. The third kappa shape index (κ3) is 1.13. The van der Waals surface area contributed by atoms with Gasteiger partial charge in [0.25, 0.3) is 0 Å². The van der Waals surface area contributed by atoms with E-state index >= 15 is 0 Å². The highest BCUT2D eigenvalue weighted by molar-refractivity contribution is 5.55. The zero-order chi connectivity index (χ0) is 8.39. The van der Waals surface area contributed by atoms with Crippen LogP contribution in [0, 0.1) is 0 Å². The lowest BCUT2D eigenvalue weighted by atomic mass is 10.3. The first-order chi connectivity index (χ1) is 5.90. The van der Waals surface area contributed by atoms with Gasteiger partial charge in [0, 0.05) is 12.0 Å². The Bertz CT molecular complexity index is 348. The van der Waals surface area contributed by atoms with Crippen molar-refractivity contribution in [1.29, 1.82) is 0 Å². The fourth-order valence-corrected chi connectivity index (χ4v) is 1.02. The van der Waals surface area contributed by atoms with Crippen molar-refractivity contribution in [1.82, 2.24) is 4.98 Å². The van der Waals surface area contributed by atoms with Crippen molar-refractivity contribution in [3.63, 3.8) is 0 Å². The van der Waals surface area contributed by atoms with E-state index in [4.69, 9.17) is 8.83 Å². The minimum absolute atomic E-state index is 0.756.